The van der Waals surface area contributed by atoms with E-state index in [9.17, 15) is 9.32 Å². The van der Waals surface area contributed by atoms with Crippen LogP contribution in [0.4, 0.5) is 5.69 Å². The third kappa shape index (κ3) is 4.81. The number of aliphatic hydroxyl groups excluding tert-OH is 1. The highest BCUT2D eigenvalue weighted by atomic mass is 35.5. The molecule has 2 saturated heterocycles. The van der Waals surface area contributed by atoms with Crippen LogP contribution in [0, 0.1) is 0 Å². The van der Waals surface area contributed by atoms with Gasteiger partial charge in [-0.3, -0.25) is 4.98 Å². The molecule has 3 fully saturated rings. The number of H-pyrrole nitrogens is 1. The quantitative estimate of drug-likeness (QED) is 0.346. The van der Waals surface area contributed by atoms with Gasteiger partial charge in [0.25, 0.3) is 6.01 Å². The number of nitrogens with zero attached hydrogens (tertiary/aromatic N) is 3. The summed E-state index contributed by atoms with van der Waals surface area (Å²) in [7, 11) is -2.16. The zero-order valence-electron chi connectivity index (χ0n) is 21.1. The maximum atomic E-state index is 12.7. The van der Waals surface area contributed by atoms with Crippen LogP contribution in [-0.2, 0) is 19.2 Å². The summed E-state index contributed by atoms with van der Waals surface area (Å²) in [5, 5.41) is 10.7. The number of aromatic amines is 1. The molecule has 2 aromatic heterocycles. The van der Waals surface area contributed by atoms with E-state index >= 15 is 0 Å². The number of nitrogens with one attached hydrogen (secondary N) is 1. The van der Waals surface area contributed by atoms with Crippen LogP contribution in [0.2, 0.25) is 5.02 Å². The molecule has 0 amide bonds. The summed E-state index contributed by atoms with van der Waals surface area (Å²) >= 11 is 6.60. The van der Waals surface area contributed by atoms with Gasteiger partial charge in [-0.1, -0.05) is 48.0 Å². The van der Waals surface area contributed by atoms with Crippen LogP contribution in [0.25, 0.3) is 33.5 Å². The van der Waals surface area contributed by atoms with Crippen molar-refractivity contribution in [1.82, 2.24) is 15.0 Å². The number of hydrogen-bond acceptors (Lipinski definition) is 8. The van der Waals surface area contributed by atoms with Crippen molar-refractivity contribution in [3.05, 3.63) is 59.6 Å². The predicted molar refractivity (Wildman–Crippen MR) is 149 cm³/mol. The van der Waals surface area contributed by atoms with Gasteiger partial charge in [0.2, 0.25) is 0 Å². The Balaban J connectivity index is 1.09. The van der Waals surface area contributed by atoms with Crippen molar-refractivity contribution in [2.75, 3.05) is 19.5 Å². The van der Waals surface area contributed by atoms with Crippen LogP contribution in [0.1, 0.15) is 12.8 Å². The first kappa shape index (κ1) is 25.0. The van der Waals surface area contributed by atoms with E-state index < -0.39 is 15.8 Å². The molecule has 1 aliphatic carbocycles. The number of hydrogen-bond donors (Lipinski definition) is 2. The zero-order valence-corrected chi connectivity index (χ0v) is 22.7. The maximum Gasteiger partial charge on any atom is 0.296 e. The molecule has 2 aromatic carbocycles. The lowest BCUT2D eigenvalue weighted by molar-refractivity contribution is 0.00706. The van der Waals surface area contributed by atoms with Crippen LogP contribution in [-0.4, -0.2) is 73.4 Å². The maximum absolute atomic E-state index is 12.7. The Morgan fingerprint density at radius 3 is 2.38 bits per heavy atom. The van der Waals surface area contributed by atoms with Gasteiger partial charge < -0.3 is 19.3 Å². The van der Waals surface area contributed by atoms with Crippen LogP contribution >= 0.6 is 11.6 Å². The third-order valence-corrected chi connectivity index (χ3v) is 10.0. The van der Waals surface area contributed by atoms with Gasteiger partial charge in [0.15, 0.2) is 11.8 Å². The van der Waals surface area contributed by atoms with Crippen molar-refractivity contribution in [3.8, 4) is 28.4 Å². The van der Waals surface area contributed by atoms with E-state index in [0.717, 1.165) is 35.2 Å². The molecule has 5 atom stereocenters. The smallest absolute Gasteiger partial charge is 0.296 e. The van der Waals surface area contributed by atoms with Crippen LogP contribution < -0.4 is 4.74 Å². The monoisotopic (exact) mass is 566 g/mol. The first-order valence-electron chi connectivity index (χ1n) is 12.9. The van der Waals surface area contributed by atoms with Gasteiger partial charge >= 0.3 is 0 Å². The Morgan fingerprint density at radius 2 is 1.67 bits per heavy atom. The van der Waals surface area contributed by atoms with E-state index in [2.05, 4.69) is 14.3 Å². The van der Waals surface area contributed by atoms with E-state index in [0.29, 0.717) is 34.5 Å². The molecule has 11 heteroatoms. The summed E-state index contributed by atoms with van der Waals surface area (Å²) in [6.07, 6.45) is 2.03. The molecule has 39 heavy (non-hydrogen) atoms. The number of halogens is 1. The van der Waals surface area contributed by atoms with Gasteiger partial charge in [-0.25, -0.2) is 9.19 Å². The first-order chi connectivity index (χ1) is 18.8. The van der Waals surface area contributed by atoms with Gasteiger partial charge in [0.05, 0.1) is 39.3 Å². The normalized spacial score (nSPS) is 25.9. The number of imidazole rings is 1. The molecular weight excluding hydrogens is 540 g/mol. The first-order valence-corrected chi connectivity index (χ1v) is 15.3. The fourth-order valence-corrected chi connectivity index (χ4v) is 7.12. The van der Waals surface area contributed by atoms with Crippen molar-refractivity contribution < 1.29 is 23.5 Å². The molecule has 1 saturated carbocycles. The molecule has 3 unspecified atom stereocenters. The minimum atomic E-state index is -2.16. The number of rotatable bonds is 6. The highest BCUT2D eigenvalue weighted by molar-refractivity contribution is 7.93. The fourth-order valence-electron chi connectivity index (χ4n) is 5.17. The molecule has 4 aromatic rings. The van der Waals surface area contributed by atoms with Crippen molar-refractivity contribution in [3.63, 3.8) is 0 Å². The molecule has 2 aliphatic heterocycles. The topological polar surface area (TPSA) is 119 Å². The number of fused-ring (bicyclic) bond motifs is 2. The summed E-state index contributed by atoms with van der Waals surface area (Å²) in [5.41, 5.74) is 5.45. The molecule has 2 N–H and O–H groups in total. The average Bonchev–Trinajstić information content (AvgIpc) is 3.49. The average molecular weight is 567 g/mol. The Labute approximate surface area is 230 Å². The standard InChI is InChI=1S/C28H27ClN4O5S/c1-39(35,19-10-11-19)33-18-8-6-16(7-9-18)15-2-4-17(5-3-15)24-20(29)12-21-27(31-24)32-28(30-21)38-23-14-37-25-22(34)13-36-26(23)25/h2-9,12,19,22-23,25-26,34H,10-11,13-14H2,1H3,(H,30,31,32)/t22-,23-,25?,26?,39?/m1/s1. The number of aliphatic hydroxyl groups is 1. The van der Waals surface area contributed by atoms with Gasteiger partial charge in [-0.05, 0) is 42.2 Å². The highest BCUT2D eigenvalue weighted by Gasteiger charge is 2.48. The predicted octanol–water partition coefficient (Wildman–Crippen LogP) is 4.74. The van der Waals surface area contributed by atoms with Gasteiger partial charge in [0, 0.05) is 17.1 Å². The minimum absolute atomic E-state index is 0.233. The molecule has 7 rings (SSSR count). The van der Waals surface area contributed by atoms with E-state index in [-0.39, 0.29) is 30.2 Å². The third-order valence-electron chi connectivity index (χ3n) is 7.44. The van der Waals surface area contributed by atoms with Crippen molar-refractivity contribution in [2.45, 2.75) is 42.5 Å². The molecular formula is C28H27ClN4O5S. The van der Waals surface area contributed by atoms with Crippen molar-refractivity contribution >= 4 is 38.2 Å². The lowest BCUT2D eigenvalue weighted by Crippen LogP contribution is -2.34. The van der Waals surface area contributed by atoms with Gasteiger partial charge in [-0.2, -0.15) is 9.35 Å². The second kappa shape index (κ2) is 9.57. The molecule has 0 bridgehead atoms. The largest absolute Gasteiger partial charge is 0.456 e. The SMILES string of the molecule is CS(=O)(=Nc1ccc(-c2ccc(-c3nc4[nH]c(O[C@@H]5COC6C5OC[C@H]6O)nc4cc3Cl)cc2)cc1)C1CC1. The lowest BCUT2D eigenvalue weighted by atomic mass is 10.0. The number of aromatic nitrogens is 3. The lowest BCUT2D eigenvalue weighted by Gasteiger charge is -2.15. The molecule has 9 nitrogen and oxygen atoms in total. The Bertz CT molecular complexity index is 1660. The van der Waals surface area contributed by atoms with Crippen LogP contribution in [0.15, 0.2) is 59.0 Å². The number of pyridine rings is 1. The summed E-state index contributed by atoms with van der Waals surface area (Å²) < 4.78 is 34.4. The van der Waals surface area contributed by atoms with Gasteiger partial charge in [0.1, 0.15) is 23.8 Å². The fraction of sp³-hybridized carbons (Fsp3) is 0.357. The summed E-state index contributed by atoms with van der Waals surface area (Å²) in [6.45, 7) is 0.546. The van der Waals surface area contributed by atoms with E-state index in [1.54, 1.807) is 12.3 Å². The van der Waals surface area contributed by atoms with Crippen molar-refractivity contribution in [2.24, 2.45) is 4.36 Å². The van der Waals surface area contributed by atoms with Crippen LogP contribution in [0.5, 0.6) is 6.01 Å². The Hall–Kier alpha value is -3.02. The summed E-state index contributed by atoms with van der Waals surface area (Å²) in [4.78, 5) is 12.3. The van der Waals surface area contributed by atoms with Gasteiger partial charge in [-0.15, -0.1) is 0 Å². The second-order valence-electron chi connectivity index (χ2n) is 10.3. The van der Waals surface area contributed by atoms with E-state index in [4.69, 9.17) is 30.8 Å². The number of benzene rings is 2. The van der Waals surface area contributed by atoms with E-state index in [1.165, 1.54) is 0 Å². The molecule has 3 aliphatic rings. The molecule has 0 spiro atoms. The second-order valence-corrected chi connectivity index (χ2v) is 13.3. The Morgan fingerprint density at radius 1 is 1.00 bits per heavy atom. The molecule has 4 heterocycles. The number of ether oxygens (including phenoxy) is 3. The summed E-state index contributed by atoms with van der Waals surface area (Å²) in [6, 6.07) is 17.9. The summed E-state index contributed by atoms with van der Waals surface area (Å²) in [5.74, 6) is 0. The molecule has 0 radical (unpaired) electrons. The van der Waals surface area contributed by atoms with Crippen LogP contribution in [0.3, 0.4) is 0 Å². The Kier molecular flexibility index (Phi) is 6.13. The molecule has 202 valence electrons. The van der Waals surface area contributed by atoms with Crippen molar-refractivity contribution in [1.29, 1.82) is 0 Å². The zero-order chi connectivity index (χ0) is 26.7. The highest BCUT2D eigenvalue weighted by Crippen LogP contribution is 2.34. The minimum Gasteiger partial charge on any atom is -0.456 e. The van der Waals surface area contributed by atoms with E-state index in [1.807, 2.05) is 48.5 Å².